The zero-order chi connectivity index (χ0) is 27.6. The molecule has 1 saturated heterocycles. The summed E-state index contributed by atoms with van der Waals surface area (Å²) >= 11 is 0. The molecule has 0 bridgehead atoms. The Kier molecular flexibility index (Phi) is 12.3. The molecule has 8 heteroatoms. The summed E-state index contributed by atoms with van der Waals surface area (Å²) in [5, 5.41) is 5.89. The third-order valence-corrected chi connectivity index (χ3v) is 7.43. The van der Waals surface area contributed by atoms with Crippen LogP contribution in [0.4, 0.5) is 4.39 Å². The summed E-state index contributed by atoms with van der Waals surface area (Å²) in [6, 6.07) is 3.16. The smallest absolute Gasteiger partial charge is 0.255 e. The van der Waals surface area contributed by atoms with E-state index in [1.165, 1.54) is 62.7 Å². The molecule has 2 aliphatic carbocycles. The van der Waals surface area contributed by atoms with Crippen LogP contribution in [0.5, 0.6) is 0 Å². The molecule has 4 aliphatic rings. The highest BCUT2D eigenvalue weighted by molar-refractivity contribution is 6.15. The molecule has 3 fully saturated rings. The third kappa shape index (κ3) is 7.89. The Morgan fingerprint density at radius 3 is 2.19 bits per heavy atom. The van der Waals surface area contributed by atoms with Crippen LogP contribution in [-0.2, 0) is 16.1 Å². The number of benzene rings is 1. The molecule has 37 heavy (non-hydrogen) atoms. The molecule has 2 heterocycles. The van der Waals surface area contributed by atoms with Gasteiger partial charge in [0, 0.05) is 23.6 Å². The van der Waals surface area contributed by atoms with E-state index in [9.17, 15) is 18.8 Å². The molecule has 0 spiro atoms. The summed E-state index contributed by atoms with van der Waals surface area (Å²) in [5.41, 5.74) is 1.11. The molecule has 2 N–H and O–H groups in total. The predicted molar refractivity (Wildman–Crippen MR) is 147 cm³/mol. The average molecular weight is 514 g/mol. The lowest BCUT2D eigenvalue weighted by Gasteiger charge is -2.34. The minimum atomic E-state index is -0.702. The molecular formula is C29H45BFN3O3. The first-order valence-electron chi connectivity index (χ1n) is 14.3. The Labute approximate surface area is 223 Å². The first-order valence-corrected chi connectivity index (χ1v) is 14.3. The first-order chi connectivity index (χ1) is 17.8. The summed E-state index contributed by atoms with van der Waals surface area (Å²) in [6.07, 6.45) is 12.4. The van der Waals surface area contributed by atoms with Crippen LogP contribution in [0, 0.1) is 12.7 Å². The highest BCUT2D eigenvalue weighted by Gasteiger charge is 2.40. The standard InChI is InChI=1S/C14H13FN2O3.C11H20BN.2C2H6/c1-7-2-3-8-9(12(7)15)6-17(14(8)20)10-4-5-11(18)16-13(10)19;12-11(8-4-5-9-11)13-10-6-2-1-3-7-10;2*1-2/h2-3,10H,4-6H2,1H3,(H,16,18,19);10,13H,1-9H2;2*1-2H3. The van der Waals surface area contributed by atoms with Gasteiger partial charge in [-0.25, -0.2) is 4.39 Å². The van der Waals surface area contributed by atoms with Crippen molar-refractivity contribution in [1.82, 2.24) is 15.5 Å². The van der Waals surface area contributed by atoms with Gasteiger partial charge in [0.25, 0.3) is 5.91 Å². The fourth-order valence-electron chi connectivity index (χ4n) is 5.53. The van der Waals surface area contributed by atoms with Crippen LogP contribution in [0.3, 0.4) is 0 Å². The normalized spacial score (nSPS) is 22.5. The summed E-state index contributed by atoms with van der Waals surface area (Å²) in [6.45, 7) is 9.71. The minimum Gasteiger partial charge on any atom is -0.322 e. The van der Waals surface area contributed by atoms with Gasteiger partial charge in [-0.15, -0.1) is 0 Å². The van der Waals surface area contributed by atoms with Crippen molar-refractivity contribution < 1.29 is 18.8 Å². The lowest BCUT2D eigenvalue weighted by atomic mass is 9.75. The Morgan fingerprint density at radius 1 is 0.973 bits per heavy atom. The van der Waals surface area contributed by atoms with Crippen molar-refractivity contribution in [1.29, 1.82) is 0 Å². The Morgan fingerprint density at radius 2 is 1.59 bits per heavy atom. The van der Waals surface area contributed by atoms with Crippen molar-refractivity contribution in [3.8, 4) is 0 Å². The molecular weight excluding hydrogens is 468 g/mol. The molecule has 2 aliphatic heterocycles. The number of carbonyl (C=O) groups is 3. The van der Waals surface area contributed by atoms with E-state index in [2.05, 4.69) is 10.6 Å². The molecule has 5 rings (SSSR count). The monoisotopic (exact) mass is 513 g/mol. The van der Waals surface area contributed by atoms with Crippen LogP contribution >= 0.6 is 0 Å². The maximum Gasteiger partial charge on any atom is 0.255 e. The van der Waals surface area contributed by atoms with Gasteiger partial charge in [-0.05, 0) is 56.1 Å². The van der Waals surface area contributed by atoms with Crippen molar-refractivity contribution in [3.05, 3.63) is 34.6 Å². The van der Waals surface area contributed by atoms with Gasteiger partial charge in [0.1, 0.15) is 11.9 Å². The zero-order valence-corrected chi connectivity index (χ0v) is 23.4. The van der Waals surface area contributed by atoms with E-state index < -0.39 is 17.8 Å². The number of nitrogens with zero attached hydrogens (tertiary/aromatic N) is 1. The second kappa shape index (κ2) is 14.7. The molecule has 1 atom stereocenters. The molecule has 2 radical (unpaired) electrons. The lowest BCUT2D eigenvalue weighted by Crippen LogP contribution is -2.52. The number of amides is 3. The molecule has 1 unspecified atom stereocenters. The van der Waals surface area contributed by atoms with Gasteiger partial charge >= 0.3 is 0 Å². The molecule has 3 amide bonds. The van der Waals surface area contributed by atoms with Crippen LogP contribution in [0.2, 0.25) is 0 Å². The number of carbonyl (C=O) groups excluding carboxylic acids is 3. The molecule has 204 valence electrons. The quantitative estimate of drug-likeness (QED) is 0.425. The van der Waals surface area contributed by atoms with Gasteiger partial charge in [-0.3, -0.25) is 19.7 Å². The molecule has 2 saturated carbocycles. The van der Waals surface area contributed by atoms with Gasteiger partial charge in [-0.2, -0.15) is 0 Å². The maximum atomic E-state index is 14.0. The number of halogens is 1. The summed E-state index contributed by atoms with van der Waals surface area (Å²) in [7, 11) is 6.28. The first kappa shape index (κ1) is 31.0. The van der Waals surface area contributed by atoms with Gasteiger partial charge in [-0.1, -0.05) is 65.9 Å². The predicted octanol–water partition coefficient (Wildman–Crippen LogP) is 5.30. The SMILES string of the molecule is CC.CC.Cc1ccc2c(c1F)CN(C1CCC(=O)NC1=O)C2=O.[B]C1(NC2CCCCC2)CCCC1. The maximum absolute atomic E-state index is 14.0. The van der Waals surface area contributed by atoms with Crippen molar-refractivity contribution in [2.45, 2.75) is 129 Å². The van der Waals surface area contributed by atoms with Crippen LogP contribution in [-0.4, -0.2) is 48.0 Å². The Hall–Kier alpha value is -2.22. The van der Waals surface area contributed by atoms with Crippen LogP contribution in [0.1, 0.15) is 120 Å². The van der Waals surface area contributed by atoms with E-state index in [-0.39, 0.29) is 36.6 Å². The van der Waals surface area contributed by atoms with Crippen molar-refractivity contribution in [3.63, 3.8) is 0 Å². The topological polar surface area (TPSA) is 78.5 Å². The highest BCUT2D eigenvalue weighted by atomic mass is 19.1. The number of hydrogen-bond donors (Lipinski definition) is 2. The summed E-state index contributed by atoms with van der Waals surface area (Å²) in [5.74, 6) is -1.57. The number of nitrogens with one attached hydrogen (secondary N) is 2. The minimum absolute atomic E-state index is 0.00199. The second-order valence-corrected chi connectivity index (χ2v) is 9.97. The fraction of sp³-hybridized carbons (Fsp3) is 0.690. The van der Waals surface area contributed by atoms with Gasteiger partial charge < -0.3 is 10.2 Å². The summed E-state index contributed by atoms with van der Waals surface area (Å²) < 4.78 is 14.0. The van der Waals surface area contributed by atoms with E-state index in [1.54, 1.807) is 19.1 Å². The molecule has 0 aromatic heterocycles. The van der Waals surface area contributed by atoms with Crippen LogP contribution in [0.25, 0.3) is 0 Å². The molecule has 1 aromatic carbocycles. The van der Waals surface area contributed by atoms with Crippen molar-refractivity contribution in [2.75, 3.05) is 0 Å². The number of piperidine rings is 1. The Balaban J connectivity index is 0.000000245. The second-order valence-electron chi connectivity index (χ2n) is 9.97. The average Bonchev–Trinajstić information content (AvgIpc) is 3.48. The van der Waals surface area contributed by atoms with E-state index in [4.69, 9.17) is 7.85 Å². The van der Waals surface area contributed by atoms with Crippen molar-refractivity contribution >= 4 is 25.6 Å². The zero-order valence-electron chi connectivity index (χ0n) is 23.4. The number of imide groups is 1. The highest BCUT2D eigenvalue weighted by Crippen LogP contribution is 2.31. The number of rotatable bonds is 3. The number of aryl methyl sites for hydroxylation is 1. The van der Waals surface area contributed by atoms with E-state index in [0.717, 1.165) is 6.04 Å². The van der Waals surface area contributed by atoms with E-state index in [0.29, 0.717) is 16.7 Å². The fourth-order valence-corrected chi connectivity index (χ4v) is 5.53. The van der Waals surface area contributed by atoms with Crippen LogP contribution in [0.15, 0.2) is 12.1 Å². The van der Waals surface area contributed by atoms with E-state index >= 15 is 0 Å². The Bertz CT molecular complexity index is 927. The van der Waals surface area contributed by atoms with Crippen LogP contribution < -0.4 is 10.6 Å². The van der Waals surface area contributed by atoms with Gasteiger partial charge in [0.15, 0.2) is 0 Å². The van der Waals surface area contributed by atoms with Crippen molar-refractivity contribution in [2.24, 2.45) is 0 Å². The lowest BCUT2D eigenvalue weighted by molar-refractivity contribution is -0.136. The largest absolute Gasteiger partial charge is 0.322 e. The number of fused-ring (bicyclic) bond motifs is 1. The molecule has 6 nitrogen and oxygen atoms in total. The third-order valence-electron chi connectivity index (χ3n) is 7.43. The number of hydrogen-bond acceptors (Lipinski definition) is 4. The van der Waals surface area contributed by atoms with Gasteiger partial charge in [0.05, 0.1) is 14.4 Å². The summed E-state index contributed by atoms with van der Waals surface area (Å²) in [4.78, 5) is 36.6. The molecule has 1 aromatic rings. The van der Waals surface area contributed by atoms with E-state index in [1.807, 2.05) is 27.7 Å². The van der Waals surface area contributed by atoms with Gasteiger partial charge in [0.2, 0.25) is 11.8 Å².